The number of hydrogen-bond donors (Lipinski definition) is 2. The first kappa shape index (κ1) is 14.9. The Hall–Kier alpha value is -1.61. The van der Waals surface area contributed by atoms with E-state index < -0.39 is 16.1 Å². The van der Waals surface area contributed by atoms with Crippen molar-refractivity contribution >= 4 is 43.6 Å². The Bertz CT molecular complexity index is 1010. The fourth-order valence-electron chi connectivity index (χ4n) is 2.83. The van der Waals surface area contributed by atoms with Crippen molar-refractivity contribution in [1.82, 2.24) is 9.38 Å². The van der Waals surface area contributed by atoms with E-state index >= 15 is 0 Å². The summed E-state index contributed by atoms with van der Waals surface area (Å²) < 4.78 is 29.3. The van der Waals surface area contributed by atoms with Crippen LogP contribution in [0.3, 0.4) is 0 Å². The molecule has 4 rings (SSSR count). The van der Waals surface area contributed by atoms with Crippen LogP contribution in [0, 0.1) is 0 Å². The van der Waals surface area contributed by atoms with Gasteiger partial charge in [0.2, 0.25) is 0 Å². The summed E-state index contributed by atoms with van der Waals surface area (Å²) in [6.07, 6.45) is 2.53. The highest BCUT2D eigenvalue weighted by Crippen LogP contribution is 2.34. The van der Waals surface area contributed by atoms with Crippen LogP contribution >= 0.6 is 22.9 Å². The number of aliphatic hydroxyl groups excluding tert-OH is 1. The number of sulfonamides is 1. The molecule has 0 saturated heterocycles. The average molecular weight is 370 g/mol. The third-order valence-electron chi connectivity index (χ3n) is 3.88. The lowest BCUT2D eigenvalue weighted by Gasteiger charge is -2.10. The average Bonchev–Trinajstić information content (AvgIpc) is 3.13. The van der Waals surface area contributed by atoms with Gasteiger partial charge in [0, 0.05) is 17.3 Å². The second kappa shape index (κ2) is 5.20. The normalized spacial score (nSPS) is 17.6. The van der Waals surface area contributed by atoms with Crippen molar-refractivity contribution in [2.75, 3.05) is 4.72 Å². The number of rotatable bonds is 3. The number of anilines is 1. The summed E-state index contributed by atoms with van der Waals surface area (Å²) in [4.78, 5) is 4.55. The number of aryl methyl sites for hydroxylation is 1. The zero-order valence-electron chi connectivity index (χ0n) is 11.7. The first-order valence-electron chi connectivity index (χ1n) is 6.90. The monoisotopic (exact) mass is 369 g/mol. The number of halogens is 1. The molecule has 2 heterocycles. The first-order valence-corrected chi connectivity index (χ1v) is 9.64. The molecule has 23 heavy (non-hydrogen) atoms. The van der Waals surface area contributed by atoms with Gasteiger partial charge in [-0.2, -0.15) is 8.42 Å². The minimum absolute atomic E-state index is 0.0643. The SMILES string of the molecule is O=S(=O)(Nc1ccc2c(c1)C(O)CC2)c1c(Cl)nc2sccn12. The molecule has 1 atom stereocenters. The number of fused-ring (bicyclic) bond motifs is 2. The van der Waals surface area contributed by atoms with Gasteiger partial charge >= 0.3 is 0 Å². The third kappa shape index (κ3) is 2.42. The molecule has 0 spiro atoms. The summed E-state index contributed by atoms with van der Waals surface area (Å²) in [6, 6.07) is 5.19. The first-order chi connectivity index (χ1) is 11.0. The van der Waals surface area contributed by atoms with E-state index in [9.17, 15) is 13.5 Å². The molecule has 2 aromatic heterocycles. The highest BCUT2D eigenvalue weighted by atomic mass is 35.5. The Morgan fingerprint density at radius 3 is 3.09 bits per heavy atom. The summed E-state index contributed by atoms with van der Waals surface area (Å²) >= 11 is 7.30. The number of aliphatic hydroxyl groups is 1. The van der Waals surface area contributed by atoms with Crippen LogP contribution in [0.15, 0.2) is 34.8 Å². The highest BCUT2D eigenvalue weighted by Gasteiger charge is 2.26. The molecule has 0 radical (unpaired) electrons. The van der Waals surface area contributed by atoms with Gasteiger partial charge in [-0.3, -0.25) is 9.12 Å². The molecule has 1 aromatic carbocycles. The van der Waals surface area contributed by atoms with Crippen molar-refractivity contribution in [3.8, 4) is 0 Å². The summed E-state index contributed by atoms with van der Waals surface area (Å²) in [6.45, 7) is 0. The van der Waals surface area contributed by atoms with Crippen molar-refractivity contribution < 1.29 is 13.5 Å². The maximum absolute atomic E-state index is 12.7. The van der Waals surface area contributed by atoms with E-state index in [0.29, 0.717) is 17.1 Å². The zero-order chi connectivity index (χ0) is 16.2. The van der Waals surface area contributed by atoms with Gasteiger partial charge in [0.15, 0.2) is 15.1 Å². The molecule has 0 saturated carbocycles. The molecule has 6 nitrogen and oxygen atoms in total. The molecule has 9 heteroatoms. The maximum atomic E-state index is 12.7. The van der Waals surface area contributed by atoms with Gasteiger partial charge < -0.3 is 5.11 Å². The quantitative estimate of drug-likeness (QED) is 0.743. The highest BCUT2D eigenvalue weighted by molar-refractivity contribution is 7.92. The summed E-state index contributed by atoms with van der Waals surface area (Å²) in [5.74, 6) is 0. The molecular formula is C14H12ClN3O3S2. The molecule has 2 N–H and O–H groups in total. The number of nitrogens with one attached hydrogen (secondary N) is 1. The molecule has 0 amide bonds. The number of hydrogen-bond acceptors (Lipinski definition) is 5. The molecule has 120 valence electrons. The van der Waals surface area contributed by atoms with Gasteiger partial charge in [-0.25, -0.2) is 4.98 Å². The van der Waals surface area contributed by atoms with E-state index in [0.717, 1.165) is 17.5 Å². The van der Waals surface area contributed by atoms with E-state index in [4.69, 9.17) is 11.6 Å². The van der Waals surface area contributed by atoms with Crippen molar-refractivity contribution in [2.45, 2.75) is 24.0 Å². The van der Waals surface area contributed by atoms with Gasteiger partial charge in [-0.05, 0) is 36.1 Å². The van der Waals surface area contributed by atoms with Crippen molar-refractivity contribution in [1.29, 1.82) is 0 Å². The van der Waals surface area contributed by atoms with Crippen LogP contribution in [-0.4, -0.2) is 22.9 Å². The molecule has 0 fully saturated rings. The fourth-order valence-corrected chi connectivity index (χ4v) is 5.33. The molecule has 3 aromatic rings. The smallest absolute Gasteiger partial charge is 0.281 e. The Morgan fingerprint density at radius 1 is 1.43 bits per heavy atom. The second-order valence-electron chi connectivity index (χ2n) is 5.34. The van der Waals surface area contributed by atoms with Gasteiger partial charge in [-0.1, -0.05) is 17.7 Å². The topological polar surface area (TPSA) is 83.7 Å². The Kier molecular flexibility index (Phi) is 3.38. The van der Waals surface area contributed by atoms with Crippen molar-refractivity contribution in [2.24, 2.45) is 0 Å². The van der Waals surface area contributed by atoms with Crippen LogP contribution in [0.4, 0.5) is 5.69 Å². The van der Waals surface area contributed by atoms with Crippen molar-refractivity contribution in [3.05, 3.63) is 46.1 Å². The van der Waals surface area contributed by atoms with Gasteiger partial charge in [0.25, 0.3) is 10.0 Å². The Labute approximate surface area is 141 Å². The standard InChI is InChI=1S/C14H12ClN3O3S2/c15-12-13(18-5-6-22-14(18)16-12)23(20,21)17-9-3-1-8-2-4-11(19)10(8)7-9/h1,3,5-7,11,17,19H,2,4H2. The number of thiazole rings is 1. The van der Waals surface area contributed by atoms with E-state index in [1.54, 1.807) is 23.7 Å². The lowest BCUT2D eigenvalue weighted by atomic mass is 10.1. The molecule has 1 unspecified atom stereocenters. The van der Waals surface area contributed by atoms with Crippen LogP contribution in [0.2, 0.25) is 5.15 Å². The number of aromatic nitrogens is 2. The molecule has 1 aliphatic rings. The van der Waals surface area contributed by atoms with E-state index in [2.05, 4.69) is 9.71 Å². The lowest BCUT2D eigenvalue weighted by Crippen LogP contribution is -2.15. The van der Waals surface area contributed by atoms with Gasteiger partial charge in [0.05, 0.1) is 6.10 Å². The molecule has 0 bridgehead atoms. The predicted octanol–water partition coefficient (Wildman–Crippen LogP) is 2.83. The third-order valence-corrected chi connectivity index (χ3v) is 6.41. The van der Waals surface area contributed by atoms with Crippen LogP contribution in [0.25, 0.3) is 4.96 Å². The lowest BCUT2D eigenvalue weighted by molar-refractivity contribution is 0.180. The van der Waals surface area contributed by atoms with Crippen molar-refractivity contribution in [3.63, 3.8) is 0 Å². The summed E-state index contributed by atoms with van der Waals surface area (Å²) in [5.41, 5.74) is 2.21. The zero-order valence-corrected chi connectivity index (χ0v) is 14.1. The van der Waals surface area contributed by atoms with Crippen LogP contribution in [0.5, 0.6) is 0 Å². The minimum atomic E-state index is -3.89. The van der Waals surface area contributed by atoms with Gasteiger partial charge in [-0.15, -0.1) is 11.3 Å². The minimum Gasteiger partial charge on any atom is -0.388 e. The van der Waals surface area contributed by atoms with E-state index in [1.165, 1.54) is 15.7 Å². The summed E-state index contributed by atoms with van der Waals surface area (Å²) in [5, 5.41) is 11.5. The van der Waals surface area contributed by atoms with Crippen LogP contribution < -0.4 is 4.72 Å². The van der Waals surface area contributed by atoms with E-state index in [-0.39, 0.29) is 10.2 Å². The maximum Gasteiger partial charge on any atom is 0.281 e. The van der Waals surface area contributed by atoms with Crippen LogP contribution in [-0.2, 0) is 16.4 Å². The van der Waals surface area contributed by atoms with Gasteiger partial charge in [0.1, 0.15) is 0 Å². The molecule has 0 aliphatic heterocycles. The number of imidazole rings is 1. The Morgan fingerprint density at radius 2 is 2.26 bits per heavy atom. The predicted molar refractivity (Wildman–Crippen MR) is 88.6 cm³/mol. The largest absolute Gasteiger partial charge is 0.388 e. The number of nitrogens with zero attached hydrogens (tertiary/aromatic N) is 2. The summed E-state index contributed by atoms with van der Waals surface area (Å²) in [7, 11) is -3.89. The fraction of sp³-hybridized carbons (Fsp3) is 0.214. The Balaban J connectivity index is 1.75. The number of benzene rings is 1. The molecule has 1 aliphatic carbocycles. The van der Waals surface area contributed by atoms with E-state index in [1.807, 2.05) is 6.07 Å². The van der Waals surface area contributed by atoms with Crippen LogP contribution in [0.1, 0.15) is 23.7 Å². The molecular weight excluding hydrogens is 358 g/mol. The second-order valence-corrected chi connectivity index (χ2v) is 8.17.